The van der Waals surface area contributed by atoms with E-state index in [-0.39, 0.29) is 11.9 Å². The Hall–Kier alpha value is -3.22. The molecule has 1 aliphatic heterocycles. The molecular weight excluding hydrogens is 354 g/mol. The van der Waals surface area contributed by atoms with E-state index in [0.717, 1.165) is 30.7 Å². The van der Waals surface area contributed by atoms with Gasteiger partial charge in [0.2, 0.25) is 5.88 Å². The molecule has 1 amide bonds. The summed E-state index contributed by atoms with van der Waals surface area (Å²) in [5.41, 5.74) is 1.26. The first-order valence-corrected chi connectivity index (χ1v) is 9.49. The molecule has 7 nitrogen and oxygen atoms in total. The zero-order valence-corrected chi connectivity index (χ0v) is 16.1. The van der Waals surface area contributed by atoms with Crippen LogP contribution in [0.2, 0.25) is 0 Å². The number of amides is 1. The van der Waals surface area contributed by atoms with Crippen molar-refractivity contribution >= 4 is 5.91 Å². The molecule has 0 aliphatic carbocycles. The highest BCUT2D eigenvalue weighted by atomic mass is 16.5. The van der Waals surface area contributed by atoms with Crippen LogP contribution in [0.5, 0.6) is 11.6 Å². The Morgan fingerprint density at radius 1 is 1.14 bits per heavy atom. The zero-order chi connectivity index (χ0) is 19.5. The van der Waals surface area contributed by atoms with Crippen LogP contribution in [-0.2, 0) is 7.05 Å². The first kappa shape index (κ1) is 18.2. The van der Waals surface area contributed by atoms with Gasteiger partial charge in [-0.1, -0.05) is 18.2 Å². The molecule has 0 N–H and O–H groups in total. The minimum Gasteiger partial charge on any atom is -0.439 e. The van der Waals surface area contributed by atoms with Gasteiger partial charge in [0.1, 0.15) is 11.4 Å². The number of hydrogen-bond donors (Lipinski definition) is 0. The molecule has 1 fully saturated rings. The van der Waals surface area contributed by atoms with Gasteiger partial charge in [-0.3, -0.25) is 9.48 Å². The lowest BCUT2D eigenvalue weighted by Crippen LogP contribution is -2.39. The normalized spacial score (nSPS) is 16.8. The molecular formula is C21H23N5O2. The molecule has 0 spiro atoms. The van der Waals surface area contributed by atoms with Gasteiger partial charge >= 0.3 is 0 Å². The van der Waals surface area contributed by atoms with Gasteiger partial charge in [0.25, 0.3) is 5.91 Å². The van der Waals surface area contributed by atoms with Crippen molar-refractivity contribution in [2.24, 2.45) is 7.05 Å². The van der Waals surface area contributed by atoms with Gasteiger partial charge in [0.05, 0.1) is 6.04 Å². The van der Waals surface area contributed by atoms with Crippen molar-refractivity contribution in [3.05, 3.63) is 65.9 Å². The summed E-state index contributed by atoms with van der Waals surface area (Å²) in [4.78, 5) is 24.1. The van der Waals surface area contributed by atoms with Crippen molar-refractivity contribution in [1.29, 1.82) is 0 Å². The highest BCUT2D eigenvalue weighted by molar-refractivity contribution is 5.92. The molecule has 3 heterocycles. The fourth-order valence-electron chi connectivity index (χ4n) is 3.49. The van der Waals surface area contributed by atoms with E-state index in [1.54, 1.807) is 24.0 Å². The van der Waals surface area contributed by atoms with Gasteiger partial charge in [0.15, 0.2) is 5.82 Å². The Kier molecular flexibility index (Phi) is 5.06. The monoisotopic (exact) mass is 377 g/mol. The number of hydrogen-bond acceptors (Lipinski definition) is 5. The number of carbonyl (C=O) groups excluding carboxylic acids is 1. The number of ether oxygens (including phenoxy) is 1. The molecule has 3 aromatic rings. The van der Waals surface area contributed by atoms with Crippen LogP contribution in [0.3, 0.4) is 0 Å². The third kappa shape index (κ3) is 3.88. The molecule has 0 radical (unpaired) electrons. The number of nitrogens with zero attached hydrogens (tertiary/aromatic N) is 5. The summed E-state index contributed by atoms with van der Waals surface area (Å²) < 4.78 is 7.54. The number of aromatic nitrogens is 4. The van der Waals surface area contributed by atoms with Gasteiger partial charge in [-0.2, -0.15) is 10.1 Å². The maximum atomic E-state index is 13.0. The van der Waals surface area contributed by atoms with Gasteiger partial charge in [-0.05, 0) is 44.4 Å². The van der Waals surface area contributed by atoms with Crippen molar-refractivity contribution in [1.82, 2.24) is 24.6 Å². The first-order valence-electron chi connectivity index (χ1n) is 9.49. The number of aryl methyl sites for hydroxylation is 2. The van der Waals surface area contributed by atoms with E-state index in [1.165, 1.54) is 0 Å². The van der Waals surface area contributed by atoms with Crippen LogP contribution in [0, 0.1) is 6.92 Å². The number of likely N-dealkylation sites (tertiary alicyclic amines) is 1. The smallest absolute Gasteiger partial charge is 0.274 e. The van der Waals surface area contributed by atoms with E-state index in [2.05, 4.69) is 15.1 Å². The van der Waals surface area contributed by atoms with E-state index in [1.807, 2.05) is 48.2 Å². The fourth-order valence-corrected chi connectivity index (χ4v) is 3.49. The Morgan fingerprint density at radius 3 is 2.71 bits per heavy atom. The number of carbonyl (C=O) groups is 1. The van der Waals surface area contributed by atoms with E-state index in [0.29, 0.717) is 23.9 Å². The average Bonchev–Trinajstić information content (AvgIpc) is 3.14. The molecule has 1 aromatic carbocycles. The van der Waals surface area contributed by atoms with Crippen LogP contribution in [-0.4, -0.2) is 37.1 Å². The molecule has 0 saturated carbocycles. The zero-order valence-electron chi connectivity index (χ0n) is 16.1. The molecule has 28 heavy (non-hydrogen) atoms. The standard InChI is InChI=1S/C21H23N5O2/c1-15-14-19(28-16-8-4-3-5-9-16)23-20(22-15)18-10-6-7-12-26(18)21(27)17-11-13-25(2)24-17/h3-5,8-9,11,13-14,18H,6-7,10,12H2,1-2H3/t18-/m0/s1. The lowest BCUT2D eigenvalue weighted by Gasteiger charge is -2.34. The second-order valence-corrected chi connectivity index (χ2v) is 7.01. The lowest BCUT2D eigenvalue weighted by molar-refractivity contribution is 0.0591. The maximum Gasteiger partial charge on any atom is 0.274 e. The Morgan fingerprint density at radius 2 is 1.96 bits per heavy atom. The van der Waals surface area contributed by atoms with Crippen molar-refractivity contribution in [3.8, 4) is 11.6 Å². The molecule has 1 atom stereocenters. The van der Waals surface area contributed by atoms with Gasteiger partial charge in [0, 0.05) is 31.5 Å². The van der Waals surface area contributed by atoms with Crippen LogP contribution in [0.1, 0.15) is 47.3 Å². The second kappa shape index (κ2) is 7.80. The number of rotatable bonds is 4. The van der Waals surface area contributed by atoms with Gasteiger partial charge < -0.3 is 9.64 Å². The molecule has 0 unspecified atom stereocenters. The summed E-state index contributed by atoms with van der Waals surface area (Å²) in [6.07, 6.45) is 4.60. The summed E-state index contributed by atoms with van der Waals surface area (Å²) in [5, 5.41) is 4.26. The van der Waals surface area contributed by atoms with Crippen LogP contribution in [0.15, 0.2) is 48.7 Å². The molecule has 0 bridgehead atoms. The minimum absolute atomic E-state index is 0.0825. The van der Waals surface area contributed by atoms with E-state index >= 15 is 0 Å². The Balaban J connectivity index is 1.63. The minimum atomic E-state index is -0.179. The van der Waals surface area contributed by atoms with Crippen LogP contribution in [0.25, 0.3) is 0 Å². The van der Waals surface area contributed by atoms with Gasteiger partial charge in [-0.25, -0.2) is 4.98 Å². The highest BCUT2D eigenvalue weighted by Gasteiger charge is 2.32. The molecule has 1 saturated heterocycles. The molecule has 1 aliphatic rings. The van der Waals surface area contributed by atoms with E-state index < -0.39 is 0 Å². The number of benzene rings is 1. The molecule has 4 rings (SSSR count). The summed E-state index contributed by atoms with van der Waals surface area (Å²) in [7, 11) is 1.81. The summed E-state index contributed by atoms with van der Waals surface area (Å²) in [6.45, 7) is 2.59. The highest BCUT2D eigenvalue weighted by Crippen LogP contribution is 2.31. The molecule has 2 aromatic heterocycles. The van der Waals surface area contributed by atoms with Crippen molar-refractivity contribution in [3.63, 3.8) is 0 Å². The van der Waals surface area contributed by atoms with Crippen LogP contribution < -0.4 is 4.74 Å². The maximum absolute atomic E-state index is 13.0. The summed E-state index contributed by atoms with van der Waals surface area (Å²) >= 11 is 0. The largest absolute Gasteiger partial charge is 0.439 e. The molecule has 144 valence electrons. The topological polar surface area (TPSA) is 73.1 Å². The first-order chi connectivity index (χ1) is 13.6. The summed E-state index contributed by atoms with van der Waals surface area (Å²) in [6, 6.07) is 12.9. The quantitative estimate of drug-likeness (QED) is 0.693. The van der Waals surface area contributed by atoms with Crippen molar-refractivity contribution in [2.45, 2.75) is 32.2 Å². The second-order valence-electron chi connectivity index (χ2n) is 7.01. The van der Waals surface area contributed by atoms with Crippen LogP contribution in [0.4, 0.5) is 0 Å². The third-order valence-electron chi connectivity index (χ3n) is 4.81. The Bertz CT molecular complexity index is 970. The molecule has 7 heteroatoms. The SMILES string of the molecule is Cc1cc(Oc2ccccc2)nc([C@@H]2CCCCN2C(=O)c2ccn(C)n2)n1. The third-order valence-corrected chi connectivity index (χ3v) is 4.81. The van der Waals surface area contributed by atoms with E-state index in [4.69, 9.17) is 4.74 Å². The summed E-state index contributed by atoms with van der Waals surface area (Å²) in [5.74, 6) is 1.75. The number of piperidine rings is 1. The Labute approximate surface area is 164 Å². The van der Waals surface area contributed by atoms with E-state index in [9.17, 15) is 4.79 Å². The predicted molar refractivity (Wildman–Crippen MR) is 104 cm³/mol. The fraction of sp³-hybridized carbons (Fsp3) is 0.333. The van der Waals surface area contributed by atoms with Gasteiger partial charge in [-0.15, -0.1) is 0 Å². The average molecular weight is 377 g/mol. The van der Waals surface area contributed by atoms with Crippen LogP contribution >= 0.6 is 0 Å². The van der Waals surface area contributed by atoms with Crippen molar-refractivity contribution < 1.29 is 9.53 Å². The number of para-hydroxylation sites is 1. The predicted octanol–water partition coefficient (Wildman–Crippen LogP) is 3.68. The van der Waals surface area contributed by atoms with Crippen molar-refractivity contribution in [2.75, 3.05) is 6.54 Å². The lowest BCUT2D eigenvalue weighted by atomic mass is 10.0.